The molecule has 4 rings (SSSR count). The lowest BCUT2D eigenvalue weighted by Crippen LogP contribution is -2.36. The second kappa shape index (κ2) is 8.81. The van der Waals surface area contributed by atoms with Gasteiger partial charge >= 0.3 is 5.97 Å². The third-order valence-corrected chi connectivity index (χ3v) is 5.79. The van der Waals surface area contributed by atoms with Crippen LogP contribution >= 0.6 is 0 Å². The number of phenols is 1. The number of fused-ring (bicyclic) bond motifs is 1. The van der Waals surface area contributed by atoms with Crippen molar-refractivity contribution in [3.8, 4) is 17.2 Å². The van der Waals surface area contributed by atoms with E-state index in [1.54, 1.807) is 30.3 Å². The van der Waals surface area contributed by atoms with E-state index in [0.29, 0.717) is 40.4 Å². The van der Waals surface area contributed by atoms with E-state index in [2.05, 4.69) is 16.6 Å². The van der Waals surface area contributed by atoms with Gasteiger partial charge in [0.1, 0.15) is 23.3 Å². The largest absolute Gasteiger partial charge is 0.507 e. The van der Waals surface area contributed by atoms with Crippen molar-refractivity contribution in [2.45, 2.75) is 38.8 Å². The number of rotatable bonds is 5. The highest BCUT2D eigenvalue weighted by Gasteiger charge is 2.22. The van der Waals surface area contributed by atoms with Gasteiger partial charge in [0.2, 0.25) is 11.2 Å². The normalized spacial score (nSPS) is 16.9. The van der Waals surface area contributed by atoms with Crippen LogP contribution in [-0.2, 0) is 11.3 Å². The van der Waals surface area contributed by atoms with Gasteiger partial charge in [-0.2, -0.15) is 0 Å². The number of phenolic OH excluding ortho intramolecular Hbond substituents is 1. The van der Waals surface area contributed by atoms with E-state index in [1.165, 1.54) is 25.9 Å². The Morgan fingerprint density at radius 2 is 1.97 bits per heavy atom. The fraction of sp³-hybridized carbons (Fsp3) is 0.333. The molecular weight excluding hydrogens is 398 g/mol. The summed E-state index contributed by atoms with van der Waals surface area (Å²) in [5, 5.41) is 10.8. The summed E-state index contributed by atoms with van der Waals surface area (Å²) in [6.45, 7) is 3.64. The maximum Gasteiger partial charge on any atom is 0.337 e. The lowest BCUT2D eigenvalue weighted by Gasteiger charge is -2.33. The first-order chi connectivity index (χ1) is 15.0. The molecule has 1 aromatic heterocycles. The Hall–Kier alpha value is -3.32. The standard InChI is InChI=1S/C24H25NO6/c1-15-5-3-4-12-25(15)13-19-20(26)11-10-18-22(27)21(14-30-23(18)19)31-17-8-6-16(7-9-17)24(28)29-2/h6-11,14-15,26H,3-5,12-13H2,1-2H3/t15-/m0/s1. The zero-order chi connectivity index (χ0) is 22.0. The summed E-state index contributed by atoms with van der Waals surface area (Å²) in [4.78, 5) is 26.9. The molecule has 1 aliphatic heterocycles. The second-order valence-corrected chi connectivity index (χ2v) is 7.80. The maximum atomic E-state index is 13.0. The van der Waals surface area contributed by atoms with Crippen LogP contribution in [0.2, 0.25) is 0 Å². The van der Waals surface area contributed by atoms with Crippen molar-refractivity contribution >= 4 is 16.9 Å². The molecule has 0 radical (unpaired) electrons. The molecule has 7 heteroatoms. The summed E-state index contributed by atoms with van der Waals surface area (Å²) in [5.41, 5.74) is 1.03. The van der Waals surface area contributed by atoms with E-state index >= 15 is 0 Å². The first-order valence-electron chi connectivity index (χ1n) is 10.3. The predicted molar refractivity (Wildman–Crippen MR) is 116 cm³/mol. The predicted octanol–water partition coefficient (Wildman–Crippen LogP) is 4.45. The van der Waals surface area contributed by atoms with E-state index < -0.39 is 5.97 Å². The van der Waals surface area contributed by atoms with E-state index in [9.17, 15) is 14.7 Å². The topological polar surface area (TPSA) is 89.2 Å². The minimum atomic E-state index is -0.452. The van der Waals surface area contributed by atoms with Crippen molar-refractivity contribution in [3.05, 3.63) is 64.0 Å². The summed E-state index contributed by atoms with van der Waals surface area (Å²) in [6.07, 6.45) is 4.70. The Balaban J connectivity index is 1.64. The highest BCUT2D eigenvalue weighted by Crippen LogP contribution is 2.31. The number of ether oxygens (including phenoxy) is 2. The molecule has 2 heterocycles. The molecule has 0 saturated carbocycles. The average molecular weight is 423 g/mol. The Bertz CT molecular complexity index is 1150. The highest BCUT2D eigenvalue weighted by molar-refractivity contribution is 5.89. The minimum Gasteiger partial charge on any atom is -0.507 e. The number of likely N-dealkylation sites (tertiary alicyclic amines) is 1. The van der Waals surface area contributed by atoms with Crippen LogP contribution in [0.3, 0.4) is 0 Å². The minimum absolute atomic E-state index is 0.0290. The summed E-state index contributed by atoms with van der Waals surface area (Å²) in [6, 6.07) is 9.75. The van der Waals surface area contributed by atoms with Crippen molar-refractivity contribution in [2.75, 3.05) is 13.7 Å². The molecule has 1 fully saturated rings. The van der Waals surface area contributed by atoms with Crippen molar-refractivity contribution in [1.29, 1.82) is 0 Å². The van der Waals surface area contributed by atoms with Gasteiger partial charge in [-0.15, -0.1) is 0 Å². The van der Waals surface area contributed by atoms with Gasteiger partial charge in [-0.1, -0.05) is 6.42 Å². The molecular formula is C24H25NO6. The van der Waals surface area contributed by atoms with Gasteiger partial charge in [0, 0.05) is 12.6 Å². The highest BCUT2D eigenvalue weighted by atomic mass is 16.5. The first-order valence-corrected chi connectivity index (χ1v) is 10.3. The Morgan fingerprint density at radius 1 is 1.19 bits per heavy atom. The molecule has 7 nitrogen and oxygen atoms in total. The van der Waals surface area contributed by atoms with Crippen LogP contribution in [-0.4, -0.2) is 35.7 Å². The number of piperidine rings is 1. The molecule has 3 aromatic rings. The van der Waals surface area contributed by atoms with Crippen LogP contribution < -0.4 is 10.2 Å². The molecule has 0 amide bonds. The lowest BCUT2D eigenvalue weighted by molar-refractivity contribution is 0.0600. The quantitative estimate of drug-likeness (QED) is 0.606. The molecule has 0 unspecified atom stereocenters. The van der Waals surface area contributed by atoms with Gasteiger partial charge < -0.3 is 19.0 Å². The van der Waals surface area contributed by atoms with Crippen molar-refractivity contribution in [2.24, 2.45) is 0 Å². The van der Waals surface area contributed by atoms with Crippen LogP contribution in [0.25, 0.3) is 11.0 Å². The van der Waals surface area contributed by atoms with Gasteiger partial charge in [-0.3, -0.25) is 9.69 Å². The Morgan fingerprint density at radius 3 is 2.68 bits per heavy atom. The Kier molecular flexibility index (Phi) is 5.95. The molecule has 1 saturated heterocycles. The molecule has 31 heavy (non-hydrogen) atoms. The van der Waals surface area contributed by atoms with Crippen molar-refractivity contribution in [1.82, 2.24) is 4.90 Å². The van der Waals surface area contributed by atoms with Crippen LogP contribution in [0.15, 0.2) is 51.9 Å². The molecule has 0 bridgehead atoms. The summed E-state index contributed by atoms with van der Waals surface area (Å²) in [5.74, 6) is 0.0781. The summed E-state index contributed by atoms with van der Waals surface area (Å²) in [7, 11) is 1.31. The smallest absolute Gasteiger partial charge is 0.337 e. The van der Waals surface area contributed by atoms with Crippen LogP contribution in [0.1, 0.15) is 42.1 Å². The number of carbonyl (C=O) groups excluding carboxylic acids is 1. The number of aromatic hydroxyl groups is 1. The summed E-state index contributed by atoms with van der Waals surface area (Å²) < 4.78 is 16.1. The zero-order valence-corrected chi connectivity index (χ0v) is 17.6. The SMILES string of the molecule is COC(=O)c1ccc(Oc2coc3c(CN4CCCC[C@@H]4C)c(O)ccc3c2=O)cc1. The third-order valence-electron chi connectivity index (χ3n) is 5.79. The third kappa shape index (κ3) is 4.27. The van der Waals surface area contributed by atoms with Crippen molar-refractivity contribution < 1.29 is 23.8 Å². The van der Waals surface area contributed by atoms with Gasteiger partial charge in [-0.05, 0) is 62.7 Å². The van der Waals surface area contributed by atoms with E-state index in [1.807, 2.05) is 0 Å². The van der Waals surface area contributed by atoms with Gasteiger partial charge in [0.05, 0.1) is 23.6 Å². The number of hydrogen-bond donors (Lipinski definition) is 1. The van der Waals surface area contributed by atoms with Gasteiger partial charge in [0.15, 0.2) is 0 Å². The fourth-order valence-corrected chi connectivity index (χ4v) is 3.95. The molecule has 1 atom stereocenters. The van der Waals surface area contributed by atoms with Crippen LogP contribution in [0.5, 0.6) is 17.2 Å². The number of methoxy groups -OCH3 is 1. The average Bonchev–Trinajstić information content (AvgIpc) is 2.78. The molecule has 162 valence electrons. The van der Waals surface area contributed by atoms with Crippen molar-refractivity contribution in [3.63, 3.8) is 0 Å². The number of nitrogens with zero attached hydrogens (tertiary/aromatic N) is 1. The molecule has 1 N–H and O–H groups in total. The van der Waals surface area contributed by atoms with E-state index in [4.69, 9.17) is 9.15 Å². The van der Waals surface area contributed by atoms with Crippen LogP contribution in [0, 0.1) is 0 Å². The molecule has 0 spiro atoms. The maximum absolute atomic E-state index is 13.0. The van der Waals surface area contributed by atoms with E-state index in [0.717, 1.165) is 19.4 Å². The number of hydrogen-bond acceptors (Lipinski definition) is 7. The first kappa shape index (κ1) is 20.9. The molecule has 2 aromatic carbocycles. The van der Waals surface area contributed by atoms with Gasteiger partial charge in [-0.25, -0.2) is 4.79 Å². The summed E-state index contributed by atoms with van der Waals surface area (Å²) >= 11 is 0. The zero-order valence-electron chi connectivity index (χ0n) is 17.6. The number of carbonyl (C=O) groups is 1. The lowest BCUT2D eigenvalue weighted by atomic mass is 10.0. The van der Waals surface area contributed by atoms with Crippen LogP contribution in [0.4, 0.5) is 0 Å². The number of esters is 1. The molecule has 1 aliphatic rings. The number of benzene rings is 2. The molecule has 0 aliphatic carbocycles. The monoisotopic (exact) mass is 423 g/mol. The van der Waals surface area contributed by atoms with Gasteiger partial charge in [0.25, 0.3) is 0 Å². The second-order valence-electron chi connectivity index (χ2n) is 7.80. The fourth-order valence-electron chi connectivity index (χ4n) is 3.95. The van der Waals surface area contributed by atoms with E-state index in [-0.39, 0.29) is 16.9 Å². The Labute approximate surface area is 179 Å².